The average Bonchev–Trinajstić information content (AvgIpc) is 3.22. The Morgan fingerprint density at radius 2 is 1.97 bits per heavy atom. The van der Waals surface area contributed by atoms with E-state index in [9.17, 15) is 4.79 Å². The number of rotatable bonds is 7. The number of carbonyl (C=O) groups excluding carboxylic acids is 1. The molecule has 1 unspecified atom stereocenters. The molecule has 0 aliphatic carbocycles. The lowest BCUT2D eigenvalue weighted by Gasteiger charge is -2.21. The van der Waals surface area contributed by atoms with Gasteiger partial charge in [-0.1, -0.05) is 42.5 Å². The molecule has 1 N–H and O–H groups in total. The van der Waals surface area contributed by atoms with Crippen molar-refractivity contribution in [2.45, 2.75) is 19.6 Å². The summed E-state index contributed by atoms with van der Waals surface area (Å²) in [5.41, 5.74) is 2.53. The molecular weight excluding hydrogens is 366 g/mol. The van der Waals surface area contributed by atoms with Gasteiger partial charge in [-0.15, -0.1) is 0 Å². The van der Waals surface area contributed by atoms with Crippen molar-refractivity contribution in [3.63, 3.8) is 0 Å². The Kier molecular flexibility index (Phi) is 7.64. The summed E-state index contributed by atoms with van der Waals surface area (Å²) >= 11 is 0. The normalized spacial score (nSPS) is 16.7. The zero-order valence-corrected chi connectivity index (χ0v) is 17.1. The van der Waals surface area contributed by atoms with Gasteiger partial charge in [-0.2, -0.15) is 0 Å². The molecule has 1 saturated heterocycles. The van der Waals surface area contributed by atoms with Crippen molar-refractivity contribution in [3.05, 3.63) is 71.3 Å². The van der Waals surface area contributed by atoms with Gasteiger partial charge in [0, 0.05) is 39.7 Å². The molecule has 29 heavy (non-hydrogen) atoms. The van der Waals surface area contributed by atoms with Crippen molar-refractivity contribution in [1.82, 2.24) is 10.2 Å². The number of esters is 1. The number of nitrogens with one attached hydrogen (secondary N) is 1. The fraction of sp³-hybridized carbons (Fsp3) is 0.391. The van der Waals surface area contributed by atoms with E-state index in [4.69, 9.17) is 9.47 Å². The van der Waals surface area contributed by atoms with Crippen LogP contribution in [0.3, 0.4) is 0 Å². The van der Waals surface area contributed by atoms with Crippen LogP contribution in [0.4, 0.5) is 0 Å². The van der Waals surface area contributed by atoms with E-state index in [0.29, 0.717) is 18.0 Å². The van der Waals surface area contributed by atoms with Crippen molar-refractivity contribution in [2.75, 3.05) is 33.9 Å². The number of nitrogens with zero attached hydrogens (tertiary/aromatic N) is 2. The average molecular weight is 396 g/mol. The van der Waals surface area contributed by atoms with Crippen LogP contribution < -0.4 is 5.32 Å². The van der Waals surface area contributed by atoms with Gasteiger partial charge < -0.3 is 19.7 Å². The second-order valence-corrected chi connectivity index (χ2v) is 7.22. The summed E-state index contributed by atoms with van der Waals surface area (Å²) in [6, 6.07) is 17.2. The van der Waals surface area contributed by atoms with Crippen molar-refractivity contribution in [1.29, 1.82) is 0 Å². The number of benzene rings is 2. The van der Waals surface area contributed by atoms with E-state index in [1.54, 1.807) is 20.2 Å². The molecule has 6 heteroatoms. The van der Waals surface area contributed by atoms with Crippen LogP contribution in [0, 0.1) is 5.92 Å². The lowest BCUT2D eigenvalue weighted by atomic mass is 10.1. The highest BCUT2D eigenvalue weighted by molar-refractivity contribution is 5.89. The summed E-state index contributed by atoms with van der Waals surface area (Å²) in [4.78, 5) is 19.0. The minimum Gasteiger partial charge on any atom is -0.457 e. The van der Waals surface area contributed by atoms with Gasteiger partial charge in [-0.3, -0.25) is 4.99 Å². The van der Waals surface area contributed by atoms with Crippen LogP contribution in [-0.4, -0.2) is 50.7 Å². The second kappa shape index (κ2) is 10.6. The Hall–Kier alpha value is -2.86. The van der Waals surface area contributed by atoms with Crippen LogP contribution in [0.1, 0.15) is 27.9 Å². The number of ether oxygens (including phenoxy) is 2. The fourth-order valence-electron chi connectivity index (χ4n) is 3.52. The highest BCUT2D eigenvalue weighted by Gasteiger charge is 2.24. The first-order valence-corrected chi connectivity index (χ1v) is 9.94. The van der Waals surface area contributed by atoms with Crippen LogP contribution >= 0.6 is 0 Å². The number of hydrogen-bond donors (Lipinski definition) is 1. The van der Waals surface area contributed by atoms with Gasteiger partial charge in [0.2, 0.25) is 0 Å². The Balaban J connectivity index is 1.53. The van der Waals surface area contributed by atoms with Crippen molar-refractivity contribution in [3.8, 4) is 0 Å². The van der Waals surface area contributed by atoms with E-state index in [0.717, 1.165) is 43.2 Å². The Morgan fingerprint density at radius 3 is 2.72 bits per heavy atom. The Labute approximate surface area is 172 Å². The summed E-state index contributed by atoms with van der Waals surface area (Å²) in [6.45, 7) is 3.56. The van der Waals surface area contributed by atoms with Gasteiger partial charge in [0.1, 0.15) is 6.61 Å². The van der Waals surface area contributed by atoms with Gasteiger partial charge in [-0.05, 0) is 29.7 Å². The number of carbonyl (C=O) groups is 1. The lowest BCUT2D eigenvalue weighted by Crippen LogP contribution is -2.39. The summed E-state index contributed by atoms with van der Waals surface area (Å²) < 4.78 is 10.7. The van der Waals surface area contributed by atoms with E-state index in [1.165, 1.54) is 0 Å². The SMILES string of the molecule is CN=C(NCc1cccc(C(=O)OCc2ccccc2)c1)N1CCC(COC)C1. The van der Waals surface area contributed by atoms with Gasteiger partial charge in [-0.25, -0.2) is 4.79 Å². The molecule has 6 nitrogen and oxygen atoms in total. The molecule has 1 atom stereocenters. The molecule has 0 aromatic heterocycles. The molecule has 2 aromatic rings. The van der Waals surface area contributed by atoms with E-state index in [1.807, 2.05) is 48.5 Å². The lowest BCUT2D eigenvalue weighted by molar-refractivity contribution is 0.0472. The maximum absolute atomic E-state index is 12.4. The van der Waals surface area contributed by atoms with Crippen molar-refractivity contribution >= 4 is 11.9 Å². The maximum atomic E-state index is 12.4. The van der Waals surface area contributed by atoms with Gasteiger partial charge in [0.15, 0.2) is 5.96 Å². The van der Waals surface area contributed by atoms with E-state index in [2.05, 4.69) is 15.2 Å². The third-order valence-corrected chi connectivity index (χ3v) is 5.03. The molecule has 1 aliphatic rings. The number of aliphatic imine (C=N–C) groups is 1. The monoisotopic (exact) mass is 395 g/mol. The third kappa shape index (κ3) is 6.06. The number of methoxy groups -OCH3 is 1. The van der Waals surface area contributed by atoms with Crippen LogP contribution in [0.25, 0.3) is 0 Å². The molecule has 2 aromatic carbocycles. The molecule has 0 radical (unpaired) electrons. The van der Waals surface area contributed by atoms with Gasteiger partial charge in [0.05, 0.1) is 12.2 Å². The third-order valence-electron chi connectivity index (χ3n) is 5.03. The summed E-state index contributed by atoms with van der Waals surface area (Å²) in [6.07, 6.45) is 1.11. The van der Waals surface area contributed by atoms with Crippen LogP contribution in [0.15, 0.2) is 59.6 Å². The molecule has 1 aliphatic heterocycles. The number of likely N-dealkylation sites (tertiary alicyclic amines) is 1. The predicted molar refractivity (Wildman–Crippen MR) is 114 cm³/mol. The quantitative estimate of drug-likeness (QED) is 0.443. The first kappa shape index (κ1) is 20.9. The molecule has 154 valence electrons. The first-order valence-electron chi connectivity index (χ1n) is 9.94. The minimum atomic E-state index is -0.318. The van der Waals surface area contributed by atoms with Crippen LogP contribution in [0.5, 0.6) is 0 Å². The van der Waals surface area contributed by atoms with Crippen molar-refractivity contribution in [2.24, 2.45) is 10.9 Å². The Morgan fingerprint density at radius 1 is 1.17 bits per heavy atom. The van der Waals surface area contributed by atoms with Gasteiger partial charge >= 0.3 is 5.97 Å². The molecule has 3 rings (SSSR count). The molecule has 1 heterocycles. The topological polar surface area (TPSA) is 63.2 Å². The number of guanidine groups is 1. The smallest absolute Gasteiger partial charge is 0.338 e. The highest BCUT2D eigenvalue weighted by Crippen LogP contribution is 2.16. The van der Waals surface area contributed by atoms with E-state index >= 15 is 0 Å². The molecule has 0 spiro atoms. The van der Waals surface area contributed by atoms with Crippen LogP contribution in [0.2, 0.25) is 0 Å². The highest BCUT2D eigenvalue weighted by atomic mass is 16.5. The molecular formula is C23H29N3O3. The van der Waals surface area contributed by atoms with E-state index in [-0.39, 0.29) is 12.6 Å². The first-order chi connectivity index (χ1) is 14.2. The Bertz CT molecular complexity index is 823. The number of hydrogen-bond acceptors (Lipinski definition) is 4. The minimum absolute atomic E-state index is 0.270. The van der Waals surface area contributed by atoms with Gasteiger partial charge in [0.25, 0.3) is 0 Å². The fourth-order valence-corrected chi connectivity index (χ4v) is 3.52. The molecule has 1 fully saturated rings. The zero-order valence-electron chi connectivity index (χ0n) is 17.1. The molecule has 0 amide bonds. The summed E-state index contributed by atoms with van der Waals surface area (Å²) in [5, 5.41) is 3.40. The zero-order chi connectivity index (χ0) is 20.5. The molecule has 0 saturated carbocycles. The standard InChI is InChI=1S/C23H29N3O3/c1-24-23(26-12-11-20(15-26)16-28-2)25-14-19-9-6-10-21(13-19)22(27)29-17-18-7-4-3-5-8-18/h3-10,13,20H,11-12,14-17H2,1-2H3,(H,24,25). The molecule has 0 bridgehead atoms. The van der Waals surface area contributed by atoms with Crippen molar-refractivity contribution < 1.29 is 14.3 Å². The van der Waals surface area contributed by atoms with Crippen LogP contribution in [-0.2, 0) is 22.6 Å². The largest absolute Gasteiger partial charge is 0.457 e. The second-order valence-electron chi connectivity index (χ2n) is 7.22. The maximum Gasteiger partial charge on any atom is 0.338 e. The van der Waals surface area contributed by atoms with E-state index < -0.39 is 0 Å². The predicted octanol–water partition coefficient (Wildman–Crippen LogP) is 3.09. The summed E-state index contributed by atoms with van der Waals surface area (Å²) in [5.74, 6) is 1.10. The summed E-state index contributed by atoms with van der Waals surface area (Å²) in [7, 11) is 3.54.